The van der Waals surface area contributed by atoms with Crippen LogP contribution >= 0.6 is 0 Å². The molecule has 4 nitrogen and oxygen atoms in total. The van der Waals surface area contributed by atoms with Crippen LogP contribution in [0.25, 0.3) is 10.9 Å². The summed E-state index contributed by atoms with van der Waals surface area (Å²) in [5.74, 6) is 0.0460. The fourth-order valence-corrected chi connectivity index (χ4v) is 4.47. The number of hydrogen-bond acceptors (Lipinski definition) is 3. The van der Waals surface area contributed by atoms with E-state index in [9.17, 15) is 8.78 Å². The SMILES string of the molecule is Fc1ccc2c(ccn2CCN2CC3CC2CN3c2ncccc2F)c1. The molecule has 2 atom stereocenters. The van der Waals surface area contributed by atoms with Gasteiger partial charge >= 0.3 is 0 Å². The van der Waals surface area contributed by atoms with Crippen molar-refractivity contribution in [2.24, 2.45) is 0 Å². The van der Waals surface area contributed by atoms with Gasteiger partial charge in [0.1, 0.15) is 5.82 Å². The van der Waals surface area contributed by atoms with Crippen molar-refractivity contribution >= 4 is 16.7 Å². The largest absolute Gasteiger partial charge is 0.348 e. The Morgan fingerprint density at radius 1 is 1.04 bits per heavy atom. The third-order valence-corrected chi connectivity index (χ3v) is 5.73. The number of benzene rings is 1. The van der Waals surface area contributed by atoms with Gasteiger partial charge in [0, 0.05) is 61.6 Å². The van der Waals surface area contributed by atoms with E-state index in [1.165, 1.54) is 12.1 Å². The Morgan fingerprint density at radius 3 is 2.77 bits per heavy atom. The van der Waals surface area contributed by atoms with E-state index in [-0.39, 0.29) is 11.6 Å². The van der Waals surface area contributed by atoms with Crippen LogP contribution < -0.4 is 4.90 Å². The summed E-state index contributed by atoms with van der Waals surface area (Å²) in [4.78, 5) is 8.83. The quantitative estimate of drug-likeness (QED) is 0.719. The third-order valence-electron chi connectivity index (χ3n) is 5.73. The van der Waals surface area contributed by atoms with Gasteiger partial charge in [0.15, 0.2) is 11.6 Å². The van der Waals surface area contributed by atoms with Gasteiger partial charge in [-0.15, -0.1) is 0 Å². The summed E-state index contributed by atoms with van der Waals surface area (Å²) in [6, 6.07) is 10.8. The third kappa shape index (κ3) is 2.56. The number of nitrogens with zero attached hydrogens (tertiary/aromatic N) is 4. The molecule has 2 aromatic heterocycles. The molecular weight excluding hydrogens is 334 g/mol. The van der Waals surface area contributed by atoms with Crippen molar-refractivity contribution < 1.29 is 8.78 Å². The molecule has 0 saturated carbocycles. The molecule has 134 valence electrons. The lowest BCUT2D eigenvalue weighted by atomic mass is 10.2. The Hall–Kier alpha value is -2.47. The summed E-state index contributed by atoms with van der Waals surface area (Å²) >= 11 is 0. The van der Waals surface area contributed by atoms with E-state index in [1.807, 2.05) is 18.3 Å². The zero-order chi connectivity index (χ0) is 17.7. The second-order valence-electron chi connectivity index (χ2n) is 7.21. The van der Waals surface area contributed by atoms with Crippen LogP contribution in [0.1, 0.15) is 6.42 Å². The van der Waals surface area contributed by atoms with E-state index in [0.717, 1.165) is 43.5 Å². The van der Waals surface area contributed by atoms with Crippen molar-refractivity contribution in [3.8, 4) is 0 Å². The second-order valence-corrected chi connectivity index (χ2v) is 7.21. The van der Waals surface area contributed by atoms with Gasteiger partial charge in [-0.25, -0.2) is 13.8 Å². The Morgan fingerprint density at radius 2 is 1.96 bits per heavy atom. The number of aromatic nitrogens is 2. The molecule has 2 fully saturated rings. The molecule has 26 heavy (non-hydrogen) atoms. The van der Waals surface area contributed by atoms with Crippen molar-refractivity contribution in [3.63, 3.8) is 0 Å². The first kappa shape index (κ1) is 15.8. The van der Waals surface area contributed by atoms with Gasteiger partial charge in [-0.3, -0.25) is 4.90 Å². The Labute approximate surface area is 150 Å². The van der Waals surface area contributed by atoms with Crippen LogP contribution in [0.2, 0.25) is 0 Å². The highest BCUT2D eigenvalue weighted by Crippen LogP contribution is 2.34. The molecule has 4 heterocycles. The summed E-state index contributed by atoms with van der Waals surface area (Å²) in [5.41, 5.74) is 1.06. The number of fused-ring (bicyclic) bond motifs is 3. The van der Waals surface area contributed by atoms with E-state index in [0.29, 0.717) is 17.9 Å². The van der Waals surface area contributed by atoms with Crippen LogP contribution in [-0.2, 0) is 6.54 Å². The molecule has 2 unspecified atom stereocenters. The highest BCUT2D eigenvalue weighted by Gasteiger charge is 2.44. The van der Waals surface area contributed by atoms with Crippen molar-refractivity contribution in [2.75, 3.05) is 24.5 Å². The number of likely N-dealkylation sites (tertiary alicyclic amines) is 1. The molecule has 3 aromatic rings. The number of halogens is 2. The van der Waals surface area contributed by atoms with Crippen LogP contribution in [0.5, 0.6) is 0 Å². The molecule has 0 spiro atoms. The minimum atomic E-state index is -0.238. The molecule has 5 rings (SSSR count). The zero-order valence-corrected chi connectivity index (χ0v) is 14.4. The summed E-state index contributed by atoms with van der Waals surface area (Å²) in [6.07, 6.45) is 4.74. The highest BCUT2D eigenvalue weighted by atomic mass is 19.1. The molecule has 2 aliphatic heterocycles. The Balaban J connectivity index is 1.26. The normalized spacial score (nSPS) is 22.6. The van der Waals surface area contributed by atoms with Gasteiger partial charge in [0.05, 0.1) is 0 Å². The lowest BCUT2D eigenvalue weighted by Gasteiger charge is -2.35. The maximum atomic E-state index is 14.0. The highest BCUT2D eigenvalue weighted by molar-refractivity contribution is 5.80. The minimum absolute atomic E-state index is 0.200. The van der Waals surface area contributed by atoms with E-state index in [1.54, 1.807) is 18.3 Å². The van der Waals surface area contributed by atoms with E-state index >= 15 is 0 Å². The average molecular weight is 354 g/mol. The summed E-state index contributed by atoms with van der Waals surface area (Å²) in [7, 11) is 0. The number of hydrogen-bond donors (Lipinski definition) is 0. The Bertz CT molecular complexity index is 954. The molecule has 1 aromatic carbocycles. The summed E-state index contributed by atoms with van der Waals surface area (Å²) in [6.45, 7) is 3.59. The van der Waals surface area contributed by atoms with Crippen molar-refractivity contribution in [2.45, 2.75) is 25.0 Å². The fourth-order valence-electron chi connectivity index (χ4n) is 4.47. The number of pyridine rings is 1. The van der Waals surface area contributed by atoms with E-state index < -0.39 is 0 Å². The number of piperazine rings is 1. The molecule has 0 aliphatic carbocycles. The standard InChI is InChI=1S/C20H20F2N4/c21-15-3-4-19-14(10-15)5-7-24(19)8-9-25-12-17-11-16(25)13-26(17)20-18(22)2-1-6-23-20/h1-7,10,16-17H,8-9,11-13H2. The predicted octanol–water partition coefficient (Wildman–Crippen LogP) is 3.28. The number of anilines is 1. The van der Waals surface area contributed by atoms with Crippen LogP contribution in [0.3, 0.4) is 0 Å². The van der Waals surface area contributed by atoms with Gasteiger partial charge in [-0.05, 0) is 42.8 Å². The van der Waals surface area contributed by atoms with Crippen LogP contribution in [0.15, 0.2) is 48.8 Å². The molecule has 0 radical (unpaired) electrons. The van der Waals surface area contributed by atoms with Gasteiger partial charge in [-0.1, -0.05) is 0 Å². The monoisotopic (exact) mass is 354 g/mol. The Kier molecular flexibility index (Phi) is 3.67. The van der Waals surface area contributed by atoms with E-state index in [4.69, 9.17) is 0 Å². The minimum Gasteiger partial charge on any atom is -0.348 e. The molecule has 0 N–H and O–H groups in total. The van der Waals surface area contributed by atoms with Gasteiger partial charge in [0.25, 0.3) is 0 Å². The van der Waals surface area contributed by atoms with E-state index in [2.05, 4.69) is 19.4 Å². The molecule has 6 heteroatoms. The maximum Gasteiger partial charge on any atom is 0.165 e. The topological polar surface area (TPSA) is 24.3 Å². The smallest absolute Gasteiger partial charge is 0.165 e. The average Bonchev–Trinajstić information content (AvgIpc) is 3.33. The molecule has 0 amide bonds. The summed E-state index contributed by atoms with van der Waals surface area (Å²) in [5, 5.41) is 0.935. The summed E-state index contributed by atoms with van der Waals surface area (Å²) < 4.78 is 29.5. The first-order valence-corrected chi connectivity index (χ1v) is 9.04. The second kappa shape index (κ2) is 6.06. The van der Waals surface area contributed by atoms with Crippen molar-refractivity contribution in [3.05, 3.63) is 60.4 Å². The van der Waals surface area contributed by atoms with Crippen molar-refractivity contribution in [1.82, 2.24) is 14.5 Å². The lowest BCUT2D eigenvalue weighted by Crippen LogP contribution is -2.47. The lowest BCUT2D eigenvalue weighted by molar-refractivity contribution is 0.230. The number of rotatable bonds is 4. The fraction of sp³-hybridized carbons (Fsp3) is 0.350. The van der Waals surface area contributed by atoms with Gasteiger partial charge < -0.3 is 9.47 Å². The molecule has 2 bridgehead atoms. The van der Waals surface area contributed by atoms with Gasteiger partial charge in [0.2, 0.25) is 0 Å². The van der Waals surface area contributed by atoms with Crippen molar-refractivity contribution in [1.29, 1.82) is 0 Å². The molecule has 2 aliphatic rings. The van der Waals surface area contributed by atoms with Crippen LogP contribution in [-0.4, -0.2) is 46.2 Å². The van der Waals surface area contributed by atoms with Gasteiger partial charge in [-0.2, -0.15) is 0 Å². The maximum absolute atomic E-state index is 14.0. The van der Waals surface area contributed by atoms with Crippen LogP contribution in [0.4, 0.5) is 14.6 Å². The zero-order valence-electron chi connectivity index (χ0n) is 14.4. The molecular formula is C20H20F2N4. The van der Waals surface area contributed by atoms with Crippen LogP contribution in [0, 0.1) is 11.6 Å². The predicted molar refractivity (Wildman–Crippen MR) is 97.2 cm³/mol. The first-order valence-electron chi connectivity index (χ1n) is 9.04. The molecule has 2 saturated heterocycles. The first-order chi connectivity index (χ1) is 12.7.